The summed E-state index contributed by atoms with van der Waals surface area (Å²) in [6.07, 6.45) is 0.245. The van der Waals surface area contributed by atoms with Gasteiger partial charge in [0.15, 0.2) is 0 Å². The van der Waals surface area contributed by atoms with Crippen LogP contribution in [0.1, 0.15) is 27.2 Å². The average Bonchev–Trinajstić information content (AvgIpc) is 2.39. The molecule has 0 aromatic heterocycles. The number of carboxylic acid groups (broad SMARTS) is 1. The number of carbonyl (C=O) groups excluding carboxylic acids is 1. The van der Waals surface area contributed by atoms with E-state index in [1.54, 1.807) is 19.9 Å². The molecule has 0 aliphatic heterocycles. The molecule has 0 radical (unpaired) electrons. The molecular formula is C14H19FN2O3. The standard InChI is InChI=1S/C14H19FN2O3/c1-4-14(3,12(18)19)16-13(20)17(5-2)11-8-6-7-10(15)9-11/h6-9H,4-5H2,1-3H3,(H,16,20)(H,18,19). The van der Waals surface area contributed by atoms with Crippen molar-refractivity contribution in [2.45, 2.75) is 32.7 Å². The number of carbonyl (C=O) groups is 2. The van der Waals surface area contributed by atoms with Crippen LogP contribution in [0.3, 0.4) is 0 Å². The summed E-state index contributed by atoms with van der Waals surface area (Å²) < 4.78 is 13.2. The number of carboxylic acids is 1. The van der Waals surface area contributed by atoms with Crippen LogP contribution in [0.4, 0.5) is 14.9 Å². The van der Waals surface area contributed by atoms with Crippen LogP contribution in [0.5, 0.6) is 0 Å². The molecule has 0 fully saturated rings. The van der Waals surface area contributed by atoms with Crippen LogP contribution in [-0.2, 0) is 4.79 Å². The SMILES string of the molecule is CCN(C(=O)NC(C)(CC)C(=O)O)c1cccc(F)c1. The fourth-order valence-electron chi connectivity index (χ4n) is 1.68. The number of halogens is 1. The van der Waals surface area contributed by atoms with Crippen molar-refractivity contribution in [3.8, 4) is 0 Å². The van der Waals surface area contributed by atoms with Gasteiger partial charge in [-0.2, -0.15) is 0 Å². The lowest BCUT2D eigenvalue weighted by atomic mass is 10.00. The van der Waals surface area contributed by atoms with Crippen LogP contribution >= 0.6 is 0 Å². The molecule has 0 saturated heterocycles. The molecule has 0 heterocycles. The molecule has 1 rings (SSSR count). The number of anilines is 1. The summed E-state index contributed by atoms with van der Waals surface area (Å²) in [6.45, 7) is 5.14. The minimum Gasteiger partial charge on any atom is -0.480 e. The predicted octanol–water partition coefficient (Wildman–Crippen LogP) is 2.61. The Bertz CT molecular complexity index is 507. The third-order valence-electron chi connectivity index (χ3n) is 3.24. The van der Waals surface area contributed by atoms with Crippen LogP contribution < -0.4 is 10.2 Å². The first-order valence-electron chi connectivity index (χ1n) is 6.42. The molecule has 110 valence electrons. The first-order valence-corrected chi connectivity index (χ1v) is 6.42. The second-order valence-corrected chi connectivity index (χ2v) is 4.65. The van der Waals surface area contributed by atoms with Crippen molar-refractivity contribution >= 4 is 17.7 Å². The van der Waals surface area contributed by atoms with E-state index in [-0.39, 0.29) is 6.42 Å². The van der Waals surface area contributed by atoms with Gasteiger partial charge in [-0.25, -0.2) is 14.0 Å². The number of hydrogen-bond acceptors (Lipinski definition) is 2. The molecule has 1 aromatic carbocycles. The Balaban J connectivity index is 2.96. The van der Waals surface area contributed by atoms with Gasteiger partial charge in [-0.3, -0.25) is 4.90 Å². The second kappa shape index (κ2) is 6.36. The molecule has 1 aromatic rings. The quantitative estimate of drug-likeness (QED) is 0.872. The molecule has 1 atom stereocenters. The number of benzene rings is 1. The van der Waals surface area contributed by atoms with E-state index in [0.29, 0.717) is 12.2 Å². The topological polar surface area (TPSA) is 69.6 Å². The van der Waals surface area contributed by atoms with E-state index in [0.717, 1.165) is 0 Å². The lowest BCUT2D eigenvalue weighted by molar-refractivity contribution is -0.143. The zero-order chi connectivity index (χ0) is 15.3. The number of hydrogen-bond donors (Lipinski definition) is 2. The van der Waals surface area contributed by atoms with Crippen molar-refractivity contribution < 1.29 is 19.1 Å². The molecule has 5 nitrogen and oxygen atoms in total. The number of aliphatic carboxylic acids is 1. The van der Waals surface area contributed by atoms with Gasteiger partial charge in [-0.15, -0.1) is 0 Å². The summed E-state index contributed by atoms with van der Waals surface area (Å²) in [5.74, 6) is -1.56. The van der Waals surface area contributed by atoms with E-state index in [2.05, 4.69) is 5.32 Å². The van der Waals surface area contributed by atoms with Crippen molar-refractivity contribution in [2.75, 3.05) is 11.4 Å². The molecular weight excluding hydrogens is 263 g/mol. The van der Waals surface area contributed by atoms with E-state index in [9.17, 15) is 14.0 Å². The summed E-state index contributed by atoms with van der Waals surface area (Å²) in [7, 11) is 0. The number of nitrogens with one attached hydrogen (secondary N) is 1. The van der Waals surface area contributed by atoms with Crippen molar-refractivity contribution in [3.63, 3.8) is 0 Å². The van der Waals surface area contributed by atoms with Gasteiger partial charge in [0.2, 0.25) is 0 Å². The average molecular weight is 282 g/mol. The maximum atomic E-state index is 13.2. The van der Waals surface area contributed by atoms with E-state index in [1.807, 2.05) is 0 Å². The van der Waals surface area contributed by atoms with Crippen molar-refractivity contribution in [1.29, 1.82) is 0 Å². The van der Waals surface area contributed by atoms with E-state index < -0.39 is 23.4 Å². The van der Waals surface area contributed by atoms with Gasteiger partial charge in [-0.1, -0.05) is 13.0 Å². The summed E-state index contributed by atoms with van der Waals surface area (Å²) in [6, 6.07) is 5.04. The van der Waals surface area contributed by atoms with Crippen molar-refractivity contribution in [1.82, 2.24) is 5.32 Å². The number of urea groups is 1. The van der Waals surface area contributed by atoms with Gasteiger partial charge in [0, 0.05) is 12.2 Å². The maximum Gasteiger partial charge on any atom is 0.329 e. The summed E-state index contributed by atoms with van der Waals surface area (Å²) in [5.41, 5.74) is -0.966. The molecule has 0 bridgehead atoms. The van der Waals surface area contributed by atoms with Crippen LogP contribution in [0.15, 0.2) is 24.3 Å². The Hall–Kier alpha value is -2.11. The van der Waals surface area contributed by atoms with Crippen molar-refractivity contribution in [3.05, 3.63) is 30.1 Å². The van der Waals surface area contributed by atoms with E-state index in [4.69, 9.17) is 5.11 Å². The molecule has 0 aliphatic carbocycles. The van der Waals surface area contributed by atoms with Gasteiger partial charge in [-0.05, 0) is 38.5 Å². The Morgan fingerprint density at radius 2 is 2.05 bits per heavy atom. The van der Waals surface area contributed by atoms with Gasteiger partial charge in [0.05, 0.1) is 0 Å². The highest BCUT2D eigenvalue weighted by molar-refractivity contribution is 5.95. The highest BCUT2D eigenvalue weighted by Gasteiger charge is 2.34. The zero-order valence-corrected chi connectivity index (χ0v) is 11.8. The molecule has 2 N–H and O–H groups in total. The maximum absolute atomic E-state index is 13.2. The third kappa shape index (κ3) is 3.46. The third-order valence-corrected chi connectivity index (χ3v) is 3.24. The molecule has 0 aliphatic rings. The normalized spacial score (nSPS) is 13.4. The first-order chi connectivity index (χ1) is 9.34. The van der Waals surface area contributed by atoms with Crippen LogP contribution in [0, 0.1) is 5.82 Å². The lowest BCUT2D eigenvalue weighted by Gasteiger charge is -2.29. The zero-order valence-electron chi connectivity index (χ0n) is 11.8. The number of rotatable bonds is 5. The minimum absolute atomic E-state index is 0.245. The minimum atomic E-state index is -1.35. The molecule has 2 amide bonds. The van der Waals surface area contributed by atoms with Crippen LogP contribution in [0.2, 0.25) is 0 Å². The summed E-state index contributed by atoms with van der Waals surface area (Å²) >= 11 is 0. The molecule has 20 heavy (non-hydrogen) atoms. The number of nitrogens with zero attached hydrogens (tertiary/aromatic N) is 1. The van der Waals surface area contributed by atoms with Crippen LogP contribution in [0.25, 0.3) is 0 Å². The van der Waals surface area contributed by atoms with Gasteiger partial charge in [0.1, 0.15) is 11.4 Å². The first kappa shape index (κ1) is 15.9. The Morgan fingerprint density at radius 1 is 1.40 bits per heavy atom. The van der Waals surface area contributed by atoms with E-state index >= 15 is 0 Å². The smallest absolute Gasteiger partial charge is 0.329 e. The number of amides is 2. The van der Waals surface area contributed by atoms with Crippen LogP contribution in [-0.4, -0.2) is 29.2 Å². The van der Waals surface area contributed by atoms with Gasteiger partial charge in [0.25, 0.3) is 0 Å². The molecule has 0 saturated carbocycles. The Kier molecular flexibility index (Phi) is 5.07. The highest BCUT2D eigenvalue weighted by Crippen LogP contribution is 2.17. The Morgan fingerprint density at radius 3 is 2.50 bits per heavy atom. The second-order valence-electron chi connectivity index (χ2n) is 4.65. The highest BCUT2D eigenvalue weighted by atomic mass is 19.1. The summed E-state index contributed by atoms with van der Waals surface area (Å²) in [5, 5.41) is 11.6. The Labute approximate surface area is 117 Å². The van der Waals surface area contributed by atoms with Crippen molar-refractivity contribution in [2.24, 2.45) is 0 Å². The fourth-order valence-corrected chi connectivity index (χ4v) is 1.68. The van der Waals surface area contributed by atoms with Gasteiger partial charge >= 0.3 is 12.0 Å². The molecule has 6 heteroatoms. The predicted molar refractivity (Wildman–Crippen MR) is 74.3 cm³/mol. The lowest BCUT2D eigenvalue weighted by Crippen LogP contribution is -2.56. The van der Waals surface area contributed by atoms with Gasteiger partial charge < -0.3 is 10.4 Å². The monoisotopic (exact) mass is 282 g/mol. The van der Waals surface area contributed by atoms with E-state index in [1.165, 1.54) is 30.0 Å². The summed E-state index contributed by atoms with van der Waals surface area (Å²) in [4.78, 5) is 24.7. The molecule has 0 spiro atoms. The fraction of sp³-hybridized carbons (Fsp3) is 0.429. The molecule has 1 unspecified atom stereocenters. The largest absolute Gasteiger partial charge is 0.480 e.